The largest absolute Gasteiger partial charge is 0.348 e. The minimum absolute atomic E-state index is 0.202. The summed E-state index contributed by atoms with van der Waals surface area (Å²) in [6.45, 7) is 0.366. The summed E-state index contributed by atoms with van der Waals surface area (Å²) in [6, 6.07) is 15.3. The summed E-state index contributed by atoms with van der Waals surface area (Å²) in [4.78, 5) is 16.9. The van der Waals surface area contributed by atoms with Crippen LogP contribution in [0, 0.1) is 0 Å². The first-order valence-electron chi connectivity index (χ1n) is 7.63. The highest BCUT2D eigenvalue weighted by Crippen LogP contribution is 2.24. The Morgan fingerprint density at radius 1 is 1.16 bits per heavy atom. The van der Waals surface area contributed by atoms with Crippen molar-refractivity contribution >= 4 is 39.1 Å². The van der Waals surface area contributed by atoms with Crippen LogP contribution in [0.5, 0.6) is 0 Å². The van der Waals surface area contributed by atoms with E-state index in [0.29, 0.717) is 17.1 Å². The van der Waals surface area contributed by atoms with Gasteiger partial charge in [-0.2, -0.15) is 5.10 Å². The fourth-order valence-electron chi connectivity index (χ4n) is 2.42. The molecule has 0 bridgehead atoms. The lowest BCUT2D eigenvalue weighted by Crippen LogP contribution is -2.22. The molecule has 7 heteroatoms. The Morgan fingerprint density at radius 2 is 1.96 bits per heavy atom. The topological polar surface area (TPSA) is 59.8 Å². The van der Waals surface area contributed by atoms with E-state index in [4.69, 9.17) is 11.6 Å². The molecule has 0 spiro atoms. The Kier molecular flexibility index (Phi) is 4.21. The van der Waals surface area contributed by atoms with Crippen molar-refractivity contribution in [2.24, 2.45) is 0 Å². The molecule has 4 rings (SSSR count). The van der Waals surface area contributed by atoms with E-state index in [9.17, 15) is 4.79 Å². The monoisotopic (exact) mass is 368 g/mol. The van der Waals surface area contributed by atoms with Gasteiger partial charge in [0.25, 0.3) is 5.91 Å². The maximum atomic E-state index is 12.3. The molecule has 25 heavy (non-hydrogen) atoms. The standard InChI is InChI=1S/C18H13ClN4OS/c19-14-6-2-1-5-12(14)9-20-17(24)13-10-21-23(11-13)18-22-15-7-3-4-8-16(15)25-18/h1-8,10-11H,9H2,(H,20,24). The van der Waals surface area contributed by atoms with Gasteiger partial charge < -0.3 is 5.32 Å². The van der Waals surface area contributed by atoms with E-state index in [0.717, 1.165) is 20.9 Å². The third-order valence-electron chi connectivity index (χ3n) is 3.72. The van der Waals surface area contributed by atoms with Crippen molar-refractivity contribution in [1.82, 2.24) is 20.1 Å². The molecule has 124 valence electrons. The zero-order valence-electron chi connectivity index (χ0n) is 13.0. The Labute approximate surface area is 152 Å². The van der Waals surface area contributed by atoms with Crippen LogP contribution < -0.4 is 5.32 Å². The predicted molar refractivity (Wildman–Crippen MR) is 99.4 cm³/mol. The summed E-state index contributed by atoms with van der Waals surface area (Å²) in [5.74, 6) is -0.202. The van der Waals surface area contributed by atoms with Crippen molar-refractivity contribution in [2.75, 3.05) is 0 Å². The van der Waals surface area contributed by atoms with Crippen molar-refractivity contribution in [3.05, 3.63) is 77.1 Å². The molecule has 0 fully saturated rings. The number of benzene rings is 2. The summed E-state index contributed by atoms with van der Waals surface area (Å²) in [6.07, 6.45) is 3.22. The molecule has 0 unspecified atom stereocenters. The molecule has 0 saturated heterocycles. The minimum atomic E-state index is -0.202. The lowest BCUT2D eigenvalue weighted by Gasteiger charge is -2.05. The average Bonchev–Trinajstić information content (AvgIpc) is 3.27. The number of carbonyl (C=O) groups is 1. The molecule has 0 aliphatic rings. The summed E-state index contributed by atoms with van der Waals surface area (Å²) < 4.78 is 2.70. The van der Waals surface area contributed by atoms with Crippen LogP contribution in [0.1, 0.15) is 15.9 Å². The van der Waals surface area contributed by atoms with Gasteiger partial charge >= 0.3 is 0 Å². The number of nitrogens with one attached hydrogen (secondary N) is 1. The first-order valence-corrected chi connectivity index (χ1v) is 8.82. The Hall–Kier alpha value is -2.70. The van der Waals surface area contributed by atoms with E-state index in [1.54, 1.807) is 16.9 Å². The van der Waals surface area contributed by atoms with E-state index in [1.165, 1.54) is 17.5 Å². The number of nitrogens with zero attached hydrogens (tertiary/aromatic N) is 3. The quantitative estimate of drug-likeness (QED) is 0.590. The van der Waals surface area contributed by atoms with Gasteiger partial charge in [-0.3, -0.25) is 4.79 Å². The van der Waals surface area contributed by atoms with Gasteiger partial charge in [-0.25, -0.2) is 9.67 Å². The van der Waals surface area contributed by atoms with Gasteiger partial charge in [-0.05, 0) is 23.8 Å². The minimum Gasteiger partial charge on any atom is -0.348 e. The molecule has 0 radical (unpaired) electrons. The molecule has 2 aromatic heterocycles. The number of hydrogen-bond acceptors (Lipinski definition) is 4. The summed E-state index contributed by atoms with van der Waals surface area (Å²) in [5, 5.41) is 8.47. The lowest BCUT2D eigenvalue weighted by atomic mass is 10.2. The van der Waals surface area contributed by atoms with E-state index >= 15 is 0 Å². The third-order valence-corrected chi connectivity index (χ3v) is 5.12. The molecule has 0 atom stereocenters. The molecule has 0 aliphatic heterocycles. The maximum absolute atomic E-state index is 12.3. The van der Waals surface area contributed by atoms with Gasteiger partial charge in [0.15, 0.2) is 0 Å². The zero-order chi connectivity index (χ0) is 17.2. The van der Waals surface area contributed by atoms with Gasteiger partial charge in [0, 0.05) is 17.8 Å². The van der Waals surface area contributed by atoms with Crippen LogP contribution in [0.2, 0.25) is 5.02 Å². The van der Waals surface area contributed by atoms with Crippen LogP contribution in [0.4, 0.5) is 0 Å². The normalized spacial score (nSPS) is 10.9. The van der Waals surface area contributed by atoms with E-state index in [2.05, 4.69) is 15.4 Å². The molecule has 5 nitrogen and oxygen atoms in total. The maximum Gasteiger partial charge on any atom is 0.254 e. The lowest BCUT2D eigenvalue weighted by molar-refractivity contribution is 0.0951. The van der Waals surface area contributed by atoms with Crippen molar-refractivity contribution in [2.45, 2.75) is 6.54 Å². The average molecular weight is 369 g/mol. The van der Waals surface area contributed by atoms with Crippen LogP contribution in [-0.4, -0.2) is 20.7 Å². The summed E-state index contributed by atoms with van der Waals surface area (Å²) in [5.41, 5.74) is 2.27. The fourth-order valence-corrected chi connectivity index (χ4v) is 3.52. The highest BCUT2D eigenvalue weighted by atomic mass is 35.5. The first-order chi connectivity index (χ1) is 12.2. The number of thiazole rings is 1. The number of carbonyl (C=O) groups excluding carboxylic acids is 1. The molecule has 2 heterocycles. The number of hydrogen-bond donors (Lipinski definition) is 1. The highest BCUT2D eigenvalue weighted by Gasteiger charge is 2.12. The van der Waals surface area contributed by atoms with Crippen molar-refractivity contribution in [3.8, 4) is 5.13 Å². The van der Waals surface area contributed by atoms with Crippen molar-refractivity contribution in [1.29, 1.82) is 0 Å². The van der Waals surface area contributed by atoms with Crippen LogP contribution in [0.25, 0.3) is 15.3 Å². The number of aromatic nitrogens is 3. The molecular formula is C18H13ClN4OS. The highest BCUT2D eigenvalue weighted by molar-refractivity contribution is 7.20. The SMILES string of the molecule is O=C(NCc1ccccc1Cl)c1cnn(-c2nc3ccccc3s2)c1. The predicted octanol–water partition coefficient (Wildman–Crippen LogP) is 4.07. The Bertz CT molecular complexity index is 1020. The molecular weight excluding hydrogens is 356 g/mol. The first kappa shape index (κ1) is 15.8. The molecule has 0 saturated carbocycles. The fraction of sp³-hybridized carbons (Fsp3) is 0.0556. The number of rotatable bonds is 4. The van der Waals surface area contributed by atoms with Gasteiger partial charge in [-0.1, -0.05) is 53.3 Å². The van der Waals surface area contributed by atoms with Crippen LogP contribution in [0.15, 0.2) is 60.9 Å². The van der Waals surface area contributed by atoms with Gasteiger partial charge in [0.1, 0.15) is 0 Å². The van der Waals surface area contributed by atoms with Gasteiger partial charge in [-0.15, -0.1) is 0 Å². The summed E-state index contributed by atoms with van der Waals surface area (Å²) >= 11 is 7.63. The number of halogens is 1. The second-order valence-electron chi connectivity index (χ2n) is 5.41. The van der Waals surface area contributed by atoms with Gasteiger partial charge in [0.05, 0.1) is 22.0 Å². The van der Waals surface area contributed by atoms with Crippen LogP contribution in [-0.2, 0) is 6.54 Å². The molecule has 1 N–H and O–H groups in total. The van der Waals surface area contributed by atoms with Crippen LogP contribution in [0.3, 0.4) is 0 Å². The van der Waals surface area contributed by atoms with E-state index < -0.39 is 0 Å². The van der Waals surface area contributed by atoms with E-state index in [1.807, 2.05) is 42.5 Å². The molecule has 2 aromatic carbocycles. The molecule has 1 amide bonds. The number of amides is 1. The van der Waals surface area contributed by atoms with Crippen LogP contribution >= 0.6 is 22.9 Å². The number of fused-ring (bicyclic) bond motifs is 1. The second kappa shape index (κ2) is 6.66. The molecule has 0 aliphatic carbocycles. The van der Waals surface area contributed by atoms with E-state index in [-0.39, 0.29) is 5.91 Å². The van der Waals surface area contributed by atoms with Crippen molar-refractivity contribution in [3.63, 3.8) is 0 Å². The Morgan fingerprint density at radius 3 is 2.80 bits per heavy atom. The van der Waals surface area contributed by atoms with Crippen molar-refractivity contribution < 1.29 is 4.79 Å². The molecule has 4 aromatic rings. The smallest absolute Gasteiger partial charge is 0.254 e. The second-order valence-corrected chi connectivity index (χ2v) is 6.83. The Balaban J connectivity index is 1.50. The van der Waals surface area contributed by atoms with Gasteiger partial charge in [0.2, 0.25) is 5.13 Å². The summed E-state index contributed by atoms with van der Waals surface area (Å²) in [7, 11) is 0. The zero-order valence-corrected chi connectivity index (χ0v) is 14.6. The third kappa shape index (κ3) is 3.26. The number of para-hydroxylation sites is 1.